The topological polar surface area (TPSA) is 40.6 Å². The van der Waals surface area contributed by atoms with Crippen molar-refractivity contribution in [3.05, 3.63) is 82.9 Å². The van der Waals surface area contributed by atoms with E-state index in [1.807, 2.05) is 77.7 Å². The van der Waals surface area contributed by atoms with E-state index < -0.39 is 0 Å². The maximum absolute atomic E-state index is 13.2. The van der Waals surface area contributed by atoms with Crippen LogP contribution in [0.3, 0.4) is 0 Å². The molecule has 0 N–H and O–H groups in total. The number of likely N-dealkylation sites (tertiary alicyclic amines) is 2. The van der Waals surface area contributed by atoms with Gasteiger partial charge in [-0.15, -0.1) is 0 Å². The van der Waals surface area contributed by atoms with Gasteiger partial charge in [0.1, 0.15) is 0 Å². The van der Waals surface area contributed by atoms with Crippen molar-refractivity contribution >= 4 is 23.8 Å². The number of nitrogens with zero attached hydrogens (tertiary/aromatic N) is 2. The SMILES string of the molecule is O=C1/C(=C/c2ccccc2)CN(C(=O)CCN2CCCCC2)C/C1=C\c1ccccc1. The predicted molar refractivity (Wildman–Crippen MR) is 125 cm³/mol. The van der Waals surface area contributed by atoms with Gasteiger partial charge in [-0.2, -0.15) is 0 Å². The molecule has 0 aliphatic carbocycles. The molecular weight excluding hydrogens is 384 g/mol. The average molecular weight is 415 g/mol. The Hall–Kier alpha value is -2.98. The van der Waals surface area contributed by atoms with Gasteiger partial charge in [-0.05, 0) is 49.2 Å². The van der Waals surface area contributed by atoms with Crippen LogP contribution in [0.15, 0.2) is 71.8 Å². The number of amides is 1. The summed E-state index contributed by atoms with van der Waals surface area (Å²) in [5, 5.41) is 0. The fourth-order valence-electron chi connectivity index (χ4n) is 4.31. The highest BCUT2D eigenvalue weighted by Crippen LogP contribution is 2.23. The molecule has 0 unspecified atom stereocenters. The summed E-state index contributed by atoms with van der Waals surface area (Å²) in [7, 11) is 0. The molecule has 2 saturated heterocycles. The van der Waals surface area contributed by atoms with Gasteiger partial charge >= 0.3 is 0 Å². The van der Waals surface area contributed by atoms with E-state index in [1.54, 1.807) is 0 Å². The van der Waals surface area contributed by atoms with Gasteiger partial charge in [-0.3, -0.25) is 9.59 Å². The lowest BCUT2D eigenvalue weighted by Crippen LogP contribution is -2.43. The van der Waals surface area contributed by atoms with Crippen LogP contribution in [-0.4, -0.2) is 54.2 Å². The minimum atomic E-state index is 0.0350. The van der Waals surface area contributed by atoms with Gasteiger partial charge < -0.3 is 9.80 Å². The van der Waals surface area contributed by atoms with E-state index in [-0.39, 0.29) is 11.7 Å². The first-order valence-corrected chi connectivity index (χ1v) is 11.2. The summed E-state index contributed by atoms with van der Waals surface area (Å²) in [6.45, 7) is 3.73. The molecule has 0 atom stereocenters. The Morgan fingerprint density at radius 3 is 1.81 bits per heavy atom. The standard InChI is InChI=1S/C27H30N2O2/c30-26(14-17-28-15-8-3-9-16-28)29-20-24(18-22-10-4-1-5-11-22)27(31)25(21-29)19-23-12-6-2-7-13-23/h1-2,4-7,10-13,18-19H,3,8-9,14-17,20-21H2/b24-18+,25-19+. The summed E-state index contributed by atoms with van der Waals surface area (Å²) in [4.78, 5) is 30.5. The lowest BCUT2D eigenvalue weighted by atomic mass is 9.94. The number of benzene rings is 2. The normalized spacial score (nSPS) is 20.4. The van der Waals surface area contributed by atoms with Crippen molar-refractivity contribution < 1.29 is 9.59 Å². The van der Waals surface area contributed by atoms with Crippen LogP contribution in [0.1, 0.15) is 36.8 Å². The number of Topliss-reactive ketones (excluding diaryl/α,β-unsaturated/α-hetero) is 1. The van der Waals surface area contributed by atoms with Crippen LogP contribution < -0.4 is 0 Å². The minimum absolute atomic E-state index is 0.0350. The van der Waals surface area contributed by atoms with Crippen molar-refractivity contribution in [1.82, 2.24) is 9.80 Å². The van der Waals surface area contributed by atoms with E-state index in [1.165, 1.54) is 19.3 Å². The molecule has 4 heteroatoms. The van der Waals surface area contributed by atoms with Crippen LogP contribution in [0.25, 0.3) is 12.2 Å². The van der Waals surface area contributed by atoms with Crippen molar-refractivity contribution in [3.8, 4) is 0 Å². The van der Waals surface area contributed by atoms with Crippen molar-refractivity contribution in [2.45, 2.75) is 25.7 Å². The first-order valence-electron chi connectivity index (χ1n) is 11.2. The largest absolute Gasteiger partial charge is 0.334 e. The molecule has 0 spiro atoms. The van der Waals surface area contributed by atoms with E-state index in [0.717, 1.165) is 30.8 Å². The molecule has 0 bridgehead atoms. The number of hydrogen-bond donors (Lipinski definition) is 0. The summed E-state index contributed by atoms with van der Waals surface area (Å²) in [6.07, 6.45) is 8.09. The Morgan fingerprint density at radius 2 is 1.29 bits per heavy atom. The van der Waals surface area contributed by atoms with Gasteiger partial charge in [0.25, 0.3) is 0 Å². The number of hydrogen-bond acceptors (Lipinski definition) is 3. The fraction of sp³-hybridized carbons (Fsp3) is 0.333. The van der Waals surface area contributed by atoms with Crippen LogP contribution in [0, 0.1) is 0 Å². The first-order chi connectivity index (χ1) is 15.2. The molecule has 4 nitrogen and oxygen atoms in total. The second-order valence-electron chi connectivity index (χ2n) is 8.39. The molecule has 2 heterocycles. The average Bonchev–Trinajstić information content (AvgIpc) is 2.82. The Balaban J connectivity index is 1.54. The molecule has 2 aliphatic heterocycles. The summed E-state index contributed by atoms with van der Waals surface area (Å²) in [5.74, 6) is 0.156. The summed E-state index contributed by atoms with van der Waals surface area (Å²) in [6, 6.07) is 19.7. The third-order valence-corrected chi connectivity index (χ3v) is 6.03. The molecule has 4 rings (SSSR count). The van der Waals surface area contributed by atoms with E-state index in [0.29, 0.717) is 30.7 Å². The van der Waals surface area contributed by atoms with E-state index in [2.05, 4.69) is 4.90 Å². The zero-order chi connectivity index (χ0) is 21.5. The smallest absolute Gasteiger partial charge is 0.224 e. The summed E-state index contributed by atoms with van der Waals surface area (Å²) in [5.41, 5.74) is 3.30. The van der Waals surface area contributed by atoms with Gasteiger partial charge in [0.05, 0.1) is 0 Å². The van der Waals surface area contributed by atoms with E-state index in [9.17, 15) is 9.59 Å². The highest BCUT2D eigenvalue weighted by molar-refractivity contribution is 6.15. The Morgan fingerprint density at radius 1 is 0.774 bits per heavy atom. The zero-order valence-corrected chi connectivity index (χ0v) is 18.0. The molecule has 2 fully saturated rings. The fourth-order valence-corrected chi connectivity index (χ4v) is 4.31. The first kappa shape index (κ1) is 21.3. The minimum Gasteiger partial charge on any atom is -0.334 e. The zero-order valence-electron chi connectivity index (χ0n) is 18.0. The van der Waals surface area contributed by atoms with Crippen molar-refractivity contribution in [1.29, 1.82) is 0 Å². The number of rotatable bonds is 5. The maximum Gasteiger partial charge on any atom is 0.224 e. The van der Waals surface area contributed by atoms with Crippen molar-refractivity contribution in [2.75, 3.05) is 32.7 Å². The molecule has 2 aromatic rings. The molecule has 31 heavy (non-hydrogen) atoms. The number of carbonyl (C=O) groups excluding carboxylic acids is 2. The molecular formula is C27H30N2O2. The predicted octanol–water partition coefficient (Wildman–Crippen LogP) is 4.44. The Kier molecular flexibility index (Phi) is 7.11. The molecule has 2 aliphatic rings. The number of carbonyl (C=O) groups is 2. The maximum atomic E-state index is 13.2. The van der Waals surface area contributed by atoms with Crippen LogP contribution in [0.2, 0.25) is 0 Å². The summed E-state index contributed by atoms with van der Waals surface area (Å²) < 4.78 is 0. The van der Waals surface area contributed by atoms with E-state index >= 15 is 0 Å². The lowest BCUT2D eigenvalue weighted by Gasteiger charge is -2.31. The Labute approximate surface area is 184 Å². The molecule has 0 aromatic heterocycles. The highest BCUT2D eigenvalue weighted by Gasteiger charge is 2.29. The van der Waals surface area contributed by atoms with Gasteiger partial charge in [0, 0.05) is 37.2 Å². The summed E-state index contributed by atoms with van der Waals surface area (Å²) >= 11 is 0. The van der Waals surface area contributed by atoms with Crippen molar-refractivity contribution in [3.63, 3.8) is 0 Å². The van der Waals surface area contributed by atoms with Crippen LogP contribution in [0.5, 0.6) is 0 Å². The van der Waals surface area contributed by atoms with Gasteiger partial charge in [0.15, 0.2) is 5.78 Å². The lowest BCUT2D eigenvalue weighted by molar-refractivity contribution is -0.131. The Bertz CT molecular complexity index is 896. The van der Waals surface area contributed by atoms with Gasteiger partial charge in [-0.25, -0.2) is 0 Å². The molecule has 160 valence electrons. The molecule has 2 aromatic carbocycles. The van der Waals surface area contributed by atoms with Crippen LogP contribution in [-0.2, 0) is 9.59 Å². The second-order valence-corrected chi connectivity index (χ2v) is 8.39. The quantitative estimate of drug-likeness (QED) is 0.679. The van der Waals surface area contributed by atoms with Gasteiger partial charge in [0.2, 0.25) is 5.91 Å². The van der Waals surface area contributed by atoms with Crippen LogP contribution in [0.4, 0.5) is 0 Å². The number of piperidine rings is 2. The highest BCUT2D eigenvalue weighted by atomic mass is 16.2. The van der Waals surface area contributed by atoms with Crippen LogP contribution >= 0.6 is 0 Å². The second kappa shape index (κ2) is 10.4. The third-order valence-electron chi connectivity index (χ3n) is 6.03. The van der Waals surface area contributed by atoms with E-state index in [4.69, 9.17) is 0 Å². The molecule has 0 saturated carbocycles. The third kappa shape index (κ3) is 5.80. The van der Waals surface area contributed by atoms with Crippen molar-refractivity contribution in [2.24, 2.45) is 0 Å². The van der Waals surface area contributed by atoms with Gasteiger partial charge in [-0.1, -0.05) is 67.1 Å². The number of ketones is 1. The molecule has 0 radical (unpaired) electrons. The monoisotopic (exact) mass is 414 g/mol. The molecule has 1 amide bonds.